The number of rotatable bonds is 34. The molecule has 8 atom stereocenters. The van der Waals surface area contributed by atoms with Gasteiger partial charge >= 0.3 is 0 Å². The van der Waals surface area contributed by atoms with Crippen molar-refractivity contribution in [3.63, 3.8) is 0 Å². The monoisotopic (exact) mass is 660 g/mol. The van der Waals surface area contributed by atoms with Gasteiger partial charge in [-0.1, -0.05) is 13.3 Å². The summed E-state index contributed by atoms with van der Waals surface area (Å²) in [6, 6.07) is 0. The molecule has 0 rings (SSSR count). The Labute approximate surface area is 268 Å². The van der Waals surface area contributed by atoms with E-state index in [1.54, 1.807) is 0 Å². The molecule has 0 aliphatic rings. The van der Waals surface area contributed by atoms with Crippen molar-refractivity contribution in [3.05, 3.63) is 0 Å². The molecule has 14 heteroatoms. The molecule has 0 aromatic rings. The molecule has 0 bridgehead atoms. The molecular weight excluding hydrogens is 596 g/mol. The fraction of sp³-hybridized carbons (Fsp3) is 1.00. The summed E-state index contributed by atoms with van der Waals surface area (Å²) < 4.78 is 30.8. The molecule has 14 nitrogen and oxygen atoms in total. The molecule has 0 saturated carbocycles. The van der Waals surface area contributed by atoms with Gasteiger partial charge in [0.05, 0.1) is 46.2 Å². The van der Waals surface area contributed by atoms with E-state index in [4.69, 9.17) is 23.7 Å². The van der Waals surface area contributed by atoms with Crippen molar-refractivity contribution in [1.29, 1.82) is 0 Å². The summed E-state index contributed by atoms with van der Waals surface area (Å²) in [6.07, 6.45) is 0.323. The van der Waals surface area contributed by atoms with Gasteiger partial charge in [0, 0.05) is 89.1 Å². The lowest BCUT2D eigenvalue weighted by Crippen LogP contribution is -2.49. The lowest BCUT2D eigenvalue weighted by atomic mass is 10.0. The van der Waals surface area contributed by atoms with Crippen LogP contribution in [-0.2, 0) is 23.7 Å². The SMILES string of the molecule is CCCC(CO)COCC(OCC(CO)CCO)C(OCC(CO)CCO)C(COCC(CO)CCO)OCC(CO)CCO. The van der Waals surface area contributed by atoms with Crippen LogP contribution in [0.25, 0.3) is 0 Å². The van der Waals surface area contributed by atoms with Crippen LogP contribution in [0.15, 0.2) is 0 Å². The Morgan fingerprint density at radius 2 is 0.689 bits per heavy atom. The quantitative estimate of drug-likeness (QED) is 0.0385. The number of ether oxygens (including phenoxy) is 5. The van der Waals surface area contributed by atoms with E-state index in [0.717, 1.165) is 12.8 Å². The van der Waals surface area contributed by atoms with E-state index in [-0.39, 0.29) is 136 Å². The Kier molecular flexibility index (Phi) is 30.4. The van der Waals surface area contributed by atoms with E-state index in [1.165, 1.54) is 0 Å². The second kappa shape index (κ2) is 30.8. The first-order valence-corrected chi connectivity index (χ1v) is 16.4. The molecule has 0 amide bonds. The van der Waals surface area contributed by atoms with E-state index in [0.29, 0.717) is 19.3 Å². The van der Waals surface area contributed by atoms with E-state index in [2.05, 4.69) is 0 Å². The first-order valence-electron chi connectivity index (χ1n) is 16.4. The third-order valence-electron chi connectivity index (χ3n) is 7.76. The average Bonchev–Trinajstić information content (AvgIpc) is 3.05. The number of aliphatic hydroxyl groups is 9. The van der Waals surface area contributed by atoms with Gasteiger partial charge in [0.2, 0.25) is 0 Å². The maximum Gasteiger partial charge on any atom is 0.114 e. The molecule has 272 valence electrons. The molecule has 0 aromatic carbocycles. The first kappa shape index (κ1) is 44.4. The van der Waals surface area contributed by atoms with Crippen LogP contribution in [0, 0.1) is 29.6 Å². The fourth-order valence-electron chi connectivity index (χ4n) is 4.67. The summed E-state index contributed by atoms with van der Waals surface area (Å²) in [6.45, 7) is 1.01. The van der Waals surface area contributed by atoms with Crippen molar-refractivity contribution in [1.82, 2.24) is 0 Å². The standard InChI is InChI=1S/C31H64O14/c1-2-3-24(12-36)17-41-22-29(43-19-26(14-38)5-9-33)31(45-21-28(16-40)7-11-35)30(44-20-27(15-39)6-10-34)23-42-18-25(13-37)4-8-32/h24-40H,2-23H2,1H3. The van der Waals surface area contributed by atoms with Crippen molar-refractivity contribution in [2.75, 3.05) is 106 Å². The van der Waals surface area contributed by atoms with E-state index >= 15 is 0 Å². The van der Waals surface area contributed by atoms with Crippen LogP contribution < -0.4 is 0 Å². The minimum Gasteiger partial charge on any atom is -0.396 e. The summed E-state index contributed by atoms with van der Waals surface area (Å²) in [5.74, 6) is -1.54. The van der Waals surface area contributed by atoms with Gasteiger partial charge in [-0.05, 0) is 32.1 Å². The maximum atomic E-state index is 9.87. The lowest BCUT2D eigenvalue weighted by Gasteiger charge is -2.36. The van der Waals surface area contributed by atoms with E-state index in [1.807, 2.05) is 6.92 Å². The highest BCUT2D eigenvalue weighted by atomic mass is 16.6. The van der Waals surface area contributed by atoms with Crippen molar-refractivity contribution >= 4 is 0 Å². The largest absolute Gasteiger partial charge is 0.396 e. The summed E-state index contributed by atoms with van der Waals surface area (Å²) in [5, 5.41) is 86.6. The normalized spacial score (nSPS) is 17.5. The Hall–Kier alpha value is -0.560. The third kappa shape index (κ3) is 21.1. The predicted octanol–water partition coefficient (Wildman–Crippen LogP) is -1.45. The Morgan fingerprint density at radius 1 is 0.378 bits per heavy atom. The maximum absolute atomic E-state index is 9.87. The molecule has 0 aliphatic carbocycles. The van der Waals surface area contributed by atoms with Gasteiger partial charge < -0.3 is 69.6 Å². The molecule has 0 radical (unpaired) electrons. The van der Waals surface area contributed by atoms with E-state index in [9.17, 15) is 46.0 Å². The zero-order valence-electron chi connectivity index (χ0n) is 27.2. The van der Waals surface area contributed by atoms with Crippen LogP contribution in [0.5, 0.6) is 0 Å². The van der Waals surface area contributed by atoms with Crippen LogP contribution in [0.4, 0.5) is 0 Å². The molecule has 0 spiro atoms. The van der Waals surface area contributed by atoms with Crippen LogP contribution in [0.1, 0.15) is 45.4 Å². The van der Waals surface area contributed by atoms with Gasteiger partial charge in [0.1, 0.15) is 18.3 Å². The minimum atomic E-state index is -0.885. The molecule has 0 saturated heterocycles. The second-order valence-electron chi connectivity index (χ2n) is 11.7. The first-order chi connectivity index (χ1) is 21.9. The van der Waals surface area contributed by atoms with Crippen LogP contribution in [0.2, 0.25) is 0 Å². The zero-order valence-corrected chi connectivity index (χ0v) is 27.2. The van der Waals surface area contributed by atoms with Gasteiger partial charge in [-0.3, -0.25) is 0 Å². The smallest absolute Gasteiger partial charge is 0.114 e. The average molecular weight is 661 g/mol. The van der Waals surface area contributed by atoms with Crippen LogP contribution in [0.3, 0.4) is 0 Å². The van der Waals surface area contributed by atoms with Crippen molar-refractivity contribution in [3.8, 4) is 0 Å². The Bertz CT molecular complexity index is 577. The highest BCUT2D eigenvalue weighted by molar-refractivity contribution is 4.82. The second-order valence-corrected chi connectivity index (χ2v) is 11.7. The van der Waals surface area contributed by atoms with E-state index < -0.39 is 24.2 Å². The van der Waals surface area contributed by atoms with Crippen LogP contribution in [-0.4, -0.2) is 170 Å². The lowest BCUT2D eigenvalue weighted by molar-refractivity contribution is -0.185. The summed E-state index contributed by atoms with van der Waals surface area (Å²) in [5.41, 5.74) is 0. The minimum absolute atomic E-state index is 0.00958. The zero-order chi connectivity index (χ0) is 33.7. The number of hydrogen-bond acceptors (Lipinski definition) is 14. The Morgan fingerprint density at radius 3 is 1.00 bits per heavy atom. The molecule has 0 aromatic heterocycles. The predicted molar refractivity (Wildman–Crippen MR) is 165 cm³/mol. The van der Waals surface area contributed by atoms with Gasteiger partial charge in [0.15, 0.2) is 0 Å². The highest BCUT2D eigenvalue weighted by Crippen LogP contribution is 2.20. The molecule has 9 N–H and O–H groups in total. The van der Waals surface area contributed by atoms with Gasteiger partial charge in [-0.15, -0.1) is 0 Å². The van der Waals surface area contributed by atoms with Crippen molar-refractivity contribution < 1.29 is 69.6 Å². The van der Waals surface area contributed by atoms with Gasteiger partial charge in [-0.2, -0.15) is 0 Å². The van der Waals surface area contributed by atoms with Crippen molar-refractivity contribution in [2.45, 2.75) is 63.8 Å². The topological polar surface area (TPSA) is 228 Å². The Balaban J connectivity index is 6.34. The highest BCUT2D eigenvalue weighted by Gasteiger charge is 2.35. The van der Waals surface area contributed by atoms with Crippen LogP contribution >= 0.6 is 0 Å². The molecular formula is C31H64O14. The molecule has 8 unspecified atom stereocenters. The molecule has 0 heterocycles. The fourth-order valence-corrected chi connectivity index (χ4v) is 4.67. The molecule has 45 heavy (non-hydrogen) atoms. The number of aliphatic hydroxyl groups excluding tert-OH is 9. The summed E-state index contributed by atoms with van der Waals surface area (Å²) in [4.78, 5) is 0. The molecule has 0 aliphatic heterocycles. The number of hydrogen-bond donors (Lipinski definition) is 9. The van der Waals surface area contributed by atoms with Crippen molar-refractivity contribution in [2.24, 2.45) is 29.6 Å². The van der Waals surface area contributed by atoms with Gasteiger partial charge in [-0.25, -0.2) is 0 Å². The van der Waals surface area contributed by atoms with Gasteiger partial charge in [0.25, 0.3) is 0 Å². The molecule has 0 fully saturated rings. The summed E-state index contributed by atoms with van der Waals surface area (Å²) in [7, 11) is 0. The third-order valence-corrected chi connectivity index (χ3v) is 7.76. The summed E-state index contributed by atoms with van der Waals surface area (Å²) >= 11 is 0.